The minimum atomic E-state index is -5.08. The Kier molecular flexibility index (Phi) is 8.15. The number of nitrogens with one attached hydrogen (secondary N) is 1. The number of likely N-dealkylation sites (tertiary alicyclic amines) is 1. The number of fused-ring (bicyclic) bond motifs is 1. The summed E-state index contributed by atoms with van der Waals surface area (Å²) in [4.78, 5) is 11.7. The van der Waals surface area contributed by atoms with E-state index >= 15 is 0 Å². The third-order valence-corrected chi connectivity index (χ3v) is 7.45. The van der Waals surface area contributed by atoms with Crippen LogP contribution in [-0.4, -0.2) is 82.2 Å². The molecule has 180 valence electrons. The average Bonchev–Trinajstić information content (AvgIpc) is 3.35. The molecule has 3 fully saturated rings. The molecule has 32 heavy (non-hydrogen) atoms. The van der Waals surface area contributed by atoms with Gasteiger partial charge in [-0.15, -0.1) is 0 Å². The van der Waals surface area contributed by atoms with Gasteiger partial charge in [0.15, 0.2) is 0 Å². The summed E-state index contributed by atoms with van der Waals surface area (Å²) in [5, 5.41) is 7.12. The number of carbonyl (C=O) groups is 1. The first-order valence-corrected chi connectivity index (χ1v) is 11.8. The van der Waals surface area contributed by atoms with Gasteiger partial charge in [-0.1, -0.05) is 18.2 Å². The smallest absolute Gasteiger partial charge is 0.475 e. The number of benzene rings is 1. The number of rotatable bonds is 5. The second-order valence-electron chi connectivity index (χ2n) is 8.06. The molecular formula is C20H27F3N2O6S. The van der Waals surface area contributed by atoms with Gasteiger partial charge in [0.2, 0.25) is 10.0 Å². The van der Waals surface area contributed by atoms with Gasteiger partial charge in [0, 0.05) is 50.7 Å². The Morgan fingerprint density at radius 1 is 1.16 bits per heavy atom. The van der Waals surface area contributed by atoms with Gasteiger partial charge in [-0.3, -0.25) is 4.90 Å². The zero-order valence-corrected chi connectivity index (χ0v) is 18.1. The number of hydrogen-bond donors (Lipinski definition) is 2. The molecule has 3 saturated heterocycles. The van der Waals surface area contributed by atoms with Crippen molar-refractivity contribution in [2.75, 3.05) is 39.5 Å². The highest BCUT2D eigenvalue weighted by molar-refractivity contribution is 7.89. The van der Waals surface area contributed by atoms with Crippen LogP contribution in [0, 0.1) is 11.8 Å². The fraction of sp³-hybridized carbons (Fsp3) is 0.650. The lowest BCUT2D eigenvalue weighted by atomic mass is 9.93. The fourth-order valence-corrected chi connectivity index (χ4v) is 5.40. The molecule has 0 aliphatic carbocycles. The van der Waals surface area contributed by atoms with Crippen molar-refractivity contribution in [3.63, 3.8) is 0 Å². The molecule has 12 heteroatoms. The Morgan fingerprint density at radius 3 is 2.38 bits per heavy atom. The molecule has 0 radical (unpaired) electrons. The highest BCUT2D eigenvalue weighted by atomic mass is 32.2. The number of halogens is 3. The van der Waals surface area contributed by atoms with E-state index in [0.717, 1.165) is 39.1 Å². The van der Waals surface area contributed by atoms with Crippen LogP contribution in [0.4, 0.5) is 13.2 Å². The molecule has 3 aliphatic rings. The van der Waals surface area contributed by atoms with E-state index in [4.69, 9.17) is 19.4 Å². The third kappa shape index (κ3) is 6.41. The number of nitrogens with zero attached hydrogens (tertiary/aromatic N) is 1. The van der Waals surface area contributed by atoms with Crippen molar-refractivity contribution in [2.24, 2.45) is 11.8 Å². The van der Waals surface area contributed by atoms with E-state index in [2.05, 4.69) is 9.62 Å². The van der Waals surface area contributed by atoms with Crippen LogP contribution in [0.15, 0.2) is 35.2 Å². The number of aliphatic carboxylic acids is 1. The SMILES string of the molecule is O=C(O)C(F)(F)F.O=S(=O)(NC[C@H]1CO[C@@H]2CN(C3CCOCC3)C[C@H]12)c1ccccc1. The van der Waals surface area contributed by atoms with Crippen LogP contribution >= 0.6 is 0 Å². The van der Waals surface area contributed by atoms with Gasteiger partial charge in [0.25, 0.3) is 0 Å². The lowest BCUT2D eigenvalue weighted by molar-refractivity contribution is -0.192. The van der Waals surface area contributed by atoms with Crippen molar-refractivity contribution in [2.45, 2.75) is 36.1 Å². The van der Waals surface area contributed by atoms with E-state index in [1.165, 1.54) is 0 Å². The molecule has 0 aromatic heterocycles. The van der Waals surface area contributed by atoms with Gasteiger partial charge in [0.1, 0.15) is 0 Å². The quantitative estimate of drug-likeness (QED) is 0.661. The zero-order chi connectivity index (χ0) is 23.4. The molecule has 0 bridgehead atoms. The number of hydrogen-bond acceptors (Lipinski definition) is 6. The Labute approximate surface area is 184 Å². The summed E-state index contributed by atoms with van der Waals surface area (Å²) in [5.74, 6) is -2.10. The van der Waals surface area contributed by atoms with Crippen LogP contribution in [0.3, 0.4) is 0 Å². The van der Waals surface area contributed by atoms with E-state index in [9.17, 15) is 21.6 Å². The van der Waals surface area contributed by atoms with Crippen LogP contribution in [0.1, 0.15) is 12.8 Å². The number of carboxylic acid groups (broad SMARTS) is 1. The molecule has 3 heterocycles. The summed E-state index contributed by atoms with van der Waals surface area (Å²) in [6.45, 7) is 4.76. The van der Waals surface area contributed by atoms with Crippen molar-refractivity contribution >= 4 is 16.0 Å². The molecule has 1 aromatic rings. The summed E-state index contributed by atoms with van der Waals surface area (Å²) >= 11 is 0. The molecule has 2 N–H and O–H groups in total. The molecule has 4 rings (SSSR count). The van der Waals surface area contributed by atoms with Crippen molar-refractivity contribution in [1.82, 2.24) is 9.62 Å². The predicted octanol–water partition coefficient (Wildman–Crippen LogP) is 1.72. The first kappa shape index (κ1) is 24.9. The van der Waals surface area contributed by atoms with Gasteiger partial charge in [0.05, 0.1) is 17.6 Å². The molecule has 3 aliphatic heterocycles. The van der Waals surface area contributed by atoms with Gasteiger partial charge >= 0.3 is 12.1 Å². The Morgan fingerprint density at radius 2 is 1.78 bits per heavy atom. The molecule has 0 spiro atoms. The van der Waals surface area contributed by atoms with E-state index in [1.54, 1.807) is 24.3 Å². The monoisotopic (exact) mass is 480 g/mol. The van der Waals surface area contributed by atoms with E-state index in [-0.39, 0.29) is 12.0 Å². The lowest BCUT2D eigenvalue weighted by Crippen LogP contribution is -2.40. The van der Waals surface area contributed by atoms with Crippen molar-refractivity contribution in [3.05, 3.63) is 30.3 Å². The second kappa shape index (κ2) is 10.5. The largest absolute Gasteiger partial charge is 0.490 e. The standard InChI is InChI=1S/C18H26N2O4S.C2HF3O2/c21-25(22,16-4-2-1-3-5-16)19-10-14-13-24-18-12-20(11-17(14)18)15-6-8-23-9-7-15;3-2(4,5)1(6)7/h1-5,14-15,17-19H,6-13H2;(H,6,7)/t14-,17+,18+;/m0./s1. The number of alkyl halides is 3. The third-order valence-electron chi connectivity index (χ3n) is 6.01. The molecule has 0 amide bonds. The average molecular weight is 481 g/mol. The van der Waals surface area contributed by atoms with E-state index in [0.29, 0.717) is 30.0 Å². The van der Waals surface area contributed by atoms with Gasteiger partial charge < -0.3 is 14.6 Å². The van der Waals surface area contributed by atoms with Gasteiger partial charge in [-0.2, -0.15) is 13.2 Å². The molecule has 8 nitrogen and oxygen atoms in total. The summed E-state index contributed by atoms with van der Waals surface area (Å²) in [7, 11) is -3.45. The second-order valence-corrected chi connectivity index (χ2v) is 9.83. The maximum atomic E-state index is 12.4. The lowest BCUT2D eigenvalue weighted by Gasteiger charge is -2.31. The number of carboxylic acids is 1. The van der Waals surface area contributed by atoms with Crippen LogP contribution < -0.4 is 4.72 Å². The summed E-state index contributed by atoms with van der Waals surface area (Å²) in [5.41, 5.74) is 0. The topological polar surface area (TPSA) is 105 Å². The number of sulfonamides is 1. The molecule has 0 saturated carbocycles. The first-order chi connectivity index (χ1) is 15.1. The number of ether oxygens (including phenoxy) is 2. The molecular weight excluding hydrogens is 453 g/mol. The maximum Gasteiger partial charge on any atom is 0.490 e. The molecule has 3 atom stereocenters. The van der Waals surface area contributed by atoms with Crippen molar-refractivity contribution in [3.8, 4) is 0 Å². The normalized spacial score (nSPS) is 26.9. The minimum absolute atomic E-state index is 0.244. The highest BCUT2D eigenvalue weighted by Gasteiger charge is 2.45. The van der Waals surface area contributed by atoms with Crippen LogP contribution in [-0.2, 0) is 24.3 Å². The first-order valence-electron chi connectivity index (χ1n) is 10.4. The summed E-state index contributed by atoms with van der Waals surface area (Å²) in [6, 6.07) is 9.14. The van der Waals surface area contributed by atoms with Gasteiger partial charge in [-0.05, 0) is 25.0 Å². The summed E-state index contributed by atoms with van der Waals surface area (Å²) in [6.07, 6.45) is -2.66. The van der Waals surface area contributed by atoms with Crippen LogP contribution in [0.2, 0.25) is 0 Å². The highest BCUT2D eigenvalue weighted by Crippen LogP contribution is 2.35. The fourth-order valence-electron chi connectivity index (χ4n) is 4.29. The van der Waals surface area contributed by atoms with E-state index < -0.39 is 22.2 Å². The predicted molar refractivity (Wildman–Crippen MR) is 107 cm³/mol. The maximum absolute atomic E-state index is 12.4. The van der Waals surface area contributed by atoms with Gasteiger partial charge in [-0.25, -0.2) is 17.9 Å². The van der Waals surface area contributed by atoms with Crippen molar-refractivity contribution in [1.29, 1.82) is 0 Å². The van der Waals surface area contributed by atoms with Crippen LogP contribution in [0.25, 0.3) is 0 Å². The Bertz CT molecular complexity index is 862. The molecule has 0 unspecified atom stereocenters. The van der Waals surface area contributed by atoms with Crippen molar-refractivity contribution < 1.29 is 41.0 Å². The van der Waals surface area contributed by atoms with Crippen LogP contribution in [0.5, 0.6) is 0 Å². The zero-order valence-electron chi connectivity index (χ0n) is 17.3. The minimum Gasteiger partial charge on any atom is -0.475 e. The molecule has 1 aromatic carbocycles. The summed E-state index contributed by atoms with van der Waals surface area (Å²) < 4.78 is 70.8. The Balaban J connectivity index is 0.000000360. The van der Waals surface area contributed by atoms with E-state index in [1.807, 2.05) is 6.07 Å². The Hall–Kier alpha value is -1.73.